The number of pyridine rings is 1. The number of carbonyl (C=O) groups excluding carboxylic acids is 1. The van der Waals surface area contributed by atoms with Gasteiger partial charge in [0.2, 0.25) is 5.91 Å². The van der Waals surface area contributed by atoms with Crippen LogP contribution in [-0.2, 0) is 16.8 Å². The number of benzene rings is 1. The zero-order chi connectivity index (χ0) is 20.7. The summed E-state index contributed by atoms with van der Waals surface area (Å²) < 4.78 is 15.1. The van der Waals surface area contributed by atoms with Crippen LogP contribution in [0, 0.1) is 18.7 Å². The van der Waals surface area contributed by atoms with Gasteiger partial charge in [-0.1, -0.05) is 30.3 Å². The third-order valence-electron chi connectivity index (χ3n) is 6.30. The average Bonchev–Trinajstić information content (AvgIpc) is 3.67. The Bertz CT molecular complexity index is 1060. The first-order chi connectivity index (χ1) is 14.5. The van der Waals surface area contributed by atoms with Crippen molar-refractivity contribution in [2.45, 2.75) is 50.5 Å². The number of nitrogens with one attached hydrogen (secondary N) is 1. The number of halogens is 1. The zero-order valence-corrected chi connectivity index (χ0v) is 16.9. The second kappa shape index (κ2) is 7.31. The molecule has 7 heteroatoms. The molecule has 2 atom stereocenters. The number of hydrogen-bond donors (Lipinski definition) is 1. The standard InChI is InChI=1S/C23H24FN5O/c1-15-26-21(16-7-8-16)28-29(15)12-11-23(17-5-3-2-4-6-17)13-19(23)22(30)27-20-10-9-18(24)14-25-20/h2-6,9-10,14,16,19H,7-8,11-13H2,1H3,(H,25,27,30)/t19-,23-/m0/s1. The minimum atomic E-state index is -0.424. The molecule has 30 heavy (non-hydrogen) atoms. The van der Waals surface area contributed by atoms with Gasteiger partial charge in [-0.3, -0.25) is 9.48 Å². The number of anilines is 1. The summed E-state index contributed by atoms with van der Waals surface area (Å²) in [6.45, 7) is 2.71. The smallest absolute Gasteiger partial charge is 0.229 e. The van der Waals surface area contributed by atoms with Gasteiger partial charge in [-0.25, -0.2) is 14.4 Å². The Morgan fingerprint density at radius 1 is 1.23 bits per heavy atom. The lowest BCUT2D eigenvalue weighted by Gasteiger charge is -2.18. The molecule has 0 radical (unpaired) electrons. The number of nitrogens with zero attached hydrogens (tertiary/aromatic N) is 4. The largest absolute Gasteiger partial charge is 0.310 e. The molecule has 2 aliphatic carbocycles. The molecule has 2 aromatic heterocycles. The number of aryl methyl sites for hydroxylation is 2. The van der Waals surface area contributed by atoms with Gasteiger partial charge in [-0.05, 0) is 50.3 Å². The topological polar surface area (TPSA) is 72.7 Å². The second-order valence-corrected chi connectivity index (χ2v) is 8.39. The minimum Gasteiger partial charge on any atom is -0.310 e. The number of rotatable bonds is 7. The number of amides is 1. The second-order valence-electron chi connectivity index (χ2n) is 8.39. The van der Waals surface area contributed by atoms with Crippen LogP contribution in [0.2, 0.25) is 0 Å². The highest BCUT2D eigenvalue weighted by Crippen LogP contribution is 2.57. The van der Waals surface area contributed by atoms with E-state index in [0.717, 1.165) is 42.8 Å². The highest BCUT2D eigenvalue weighted by Gasteiger charge is 2.58. The van der Waals surface area contributed by atoms with Crippen molar-refractivity contribution in [2.75, 3.05) is 5.32 Å². The first-order valence-electron chi connectivity index (χ1n) is 10.4. The summed E-state index contributed by atoms with van der Waals surface area (Å²) in [6, 6.07) is 13.0. The summed E-state index contributed by atoms with van der Waals surface area (Å²) in [7, 11) is 0. The van der Waals surface area contributed by atoms with Crippen molar-refractivity contribution in [2.24, 2.45) is 5.92 Å². The van der Waals surface area contributed by atoms with E-state index in [1.54, 1.807) is 0 Å². The molecule has 2 saturated carbocycles. The fourth-order valence-corrected chi connectivity index (χ4v) is 4.30. The van der Waals surface area contributed by atoms with Gasteiger partial charge in [0.25, 0.3) is 0 Å². The van der Waals surface area contributed by atoms with E-state index in [2.05, 4.69) is 27.4 Å². The predicted octanol–water partition coefficient (Wildman–Crippen LogP) is 3.98. The molecule has 0 saturated heterocycles. The molecule has 6 nitrogen and oxygen atoms in total. The van der Waals surface area contributed by atoms with Crippen LogP contribution in [0.5, 0.6) is 0 Å². The summed E-state index contributed by atoms with van der Waals surface area (Å²) in [6.07, 6.45) is 5.04. The van der Waals surface area contributed by atoms with Gasteiger partial charge < -0.3 is 5.32 Å². The van der Waals surface area contributed by atoms with Crippen LogP contribution in [0.25, 0.3) is 0 Å². The van der Waals surface area contributed by atoms with Gasteiger partial charge >= 0.3 is 0 Å². The van der Waals surface area contributed by atoms with Gasteiger partial charge in [-0.15, -0.1) is 0 Å². The molecule has 1 amide bonds. The minimum absolute atomic E-state index is 0.0769. The van der Waals surface area contributed by atoms with Crippen LogP contribution in [0.1, 0.15) is 48.8 Å². The van der Waals surface area contributed by atoms with Crippen LogP contribution in [0.15, 0.2) is 48.7 Å². The molecular weight excluding hydrogens is 381 g/mol. The summed E-state index contributed by atoms with van der Waals surface area (Å²) in [5, 5.41) is 7.54. The Hall–Kier alpha value is -3.09. The molecule has 0 bridgehead atoms. The number of aromatic nitrogens is 4. The maximum Gasteiger partial charge on any atom is 0.229 e. The van der Waals surface area contributed by atoms with Gasteiger partial charge in [0.15, 0.2) is 5.82 Å². The monoisotopic (exact) mass is 405 g/mol. The average molecular weight is 405 g/mol. The molecule has 2 fully saturated rings. The third-order valence-corrected chi connectivity index (χ3v) is 6.30. The lowest BCUT2D eigenvalue weighted by Crippen LogP contribution is -2.23. The van der Waals surface area contributed by atoms with Crippen molar-refractivity contribution in [3.8, 4) is 0 Å². The molecule has 1 N–H and O–H groups in total. The molecule has 154 valence electrons. The molecule has 0 unspecified atom stereocenters. The summed E-state index contributed by atoms with van der Waals surface area (Å²) in [4.78, 5) is 21.5. The maximum absolute atomic E-state index is 13.1. The van der Waals surface area contributed by atoms with Crippen molar-refractivity contribution in [3.05, 3.63) is 71.7 Å². The molecule has 0 spiro atoms. The van der Waals surface area contributed by atoms with Crippen molar-refractivity contribution < 1.29 is 9.18 Å². The summed E-state index contributed by atoms with van der Waals surface area (Å²) in [5.74, 6) is 2.12. The van der Waals surface area contributed by atoms with Crippen molar-refractivity contribution in [1.82, 2.24) is 19.7 Å². The quantitative estimate of drug-likeness (QED) is 0.645. The predicted molar refractivity (Wildman–Crippen MR) is 110 cm³/mol. The van der Waals surface area contributed by atoms with Crippen LogP contribution in [0.4, 0.5) is 10.2 Å². The maximum atomic E-state index is 13.1. The van der Waals surface area contributed by atoms with Gasteiger partial charge in [0.1, 0.15) is 17.5 Å². The van der Waals surface area contributed by atoms with Gasteiger partial charge in [0.05, 0.1) is 6.20 Å². The van der Waals surface area contributed by atoms with Crippen LogP contribution >= 0.6 is 0 Å². The first-order valence-corrected chi connectivity index (χ1v) is 10.4. The zero-order valence-electron chi connectivity index (χ0n) is 16.9. The first kappa shape index (κ1) is 18.9. The van der Waals surface area contributed by atoms with Crippen molar-refractivity contribution in [1.29, 1.82) is 0 Å². The van der Waals surface area contributed by atoms with Gasteiger partial charge in [-0.2, -0.15) is 5.10 Å². The van der Waals surface area contributed by atoms with E-state index >= 15 is 0 Å². The Kier molecular flexibility index (Phi) is 4.60. The molecule has 2 aliphatic rings. The van der Waals surface area contributed by atoms with E-state index in [1.807, 2.05) is 29.8 Å². The Morgan fingerprint density at radius 3 is 2.73 bits per heavy atom. The lowest BCUT2D eigenvalue weighted by atomic mass is 9.89. The van der Waals surface area contributed by atoms with E-state index in [1.165, 1.54) is 25.0 Å². The van der Waals surface area contributed by atoms with E-state index in [4.69, 9.17) is 5.10 Å². The Labute approximate surface area is 174 Å². The van der Waals surface area contributed by atoms with E-state index < -0.39 is 5.82 Å². The van der Waals surface area contributed by atoms with Crippen LogP contribution in [-0.4, -0.2) is 25.7 Å². The fraction of sp³-hybridized carbons (Fsp3) is 0.391. The Morgan fingerprint density at radius 2 is 2.03 bits per heavy atom. The molecule has 0 aliphatic heterocycles. The van der Waals surface area contributed by atoms with E-state index in [0.29, 0.717) is 11.7 Å². The van der Waals surface area contributed by atoms with Crippen LogP contribution in [0.3, 0.4) is 0 Å². The van der Waals surface area contributed by atoms with Crippen molar-refractivity contribution >= 4 is 11.7 Å². The highest BCUT2D eigenvalue weighted by atomic mass is 19.1. The third kappa shape index (κ3) is 3.60. The van der Waals surface area contributed by atoms with Crippen LogP contribution < -0.4 is 5.32 Å². The Balaban J connectivity index is 1.34. The summed E-state index contributed by atoms with van der Waals surface area (Å²) >= 11 is 0. The molecular formula is C23H24FN5O. The molecule has 2 heterocycles. The number of carbonyl (C=O) groups is 1. The SMILES string of the molecule is Cc1nc(C2CC2)nn1CC[C@@]1(c2ccccc2)C[C@H]1C(=O)Nc1ccc(F)cn1. The van der Waals surface area contributed by atoms with Gasteiger partial charge in [0, 0.05) is 23.8 Å². The normalized spacial score (nSPS) is 22.7. The summed E-state index contributed by atoms with van der Waals surface area (Å²) in [5.41, 5.74) is 0.932. The molecule has 3 aromatic rings. The molecule has 1 aromatic carbocycles. The fourth-order valence-electron chi connectivity index (χ4n) is 4.30. The highest BCUT2D eigenvalue weighted by molar-refractivity contribution is 5.95. The number of hydrogen-bond acceptors (Lipinski definition) is 4. The van der Waals surface area contributed by atoms with E-state index in [9.17, 15) is 9.18 Å². The van der Waals surface area contributed by atoms with Crippen molar-refractivity contribution in [3.63, 3.8) is 0 Å². The lowest BCUT2D eigenvalue weighted by molar-refractivity contribution is -0.117. The van der Waals surface area contributed by atoms with E-state index in [-0.39, 0.29) is 17.2 Å². The molecule has 5 rings (SSSR count).